The molecule has 3 rings (SSSR count). The van der Waals surface area contributed by atoms with Crippen molar-refractivity contribution in [2.45, 2.75) is 31.5 Å². The molecule has 2 nitrogen and oxygen atoms in total. The van der Waals surface area contributed by atoms with Crippen molar-refractivity contribution in [3.05, 3.63) is 35.2 Å². The van der Waals surface area contributed by atoms with Crippen LogP contribution in [0, 0.1) is 0 Å². The lowest BCUT2D eigenvalue weighted by atomic mass is 9.90. The van der Waals surface area contributed by atoms with Crippen LogP contribution in [0.5, 0.6) is 0 Å². The molecule has 0 amide bonds. The molecule has 2 heterocycles. The molecular weight excluding hydrogens is 232 g/mol. The standard InChI is InChI=1S/C14H16O2S/c1-14(7-4-8-16-14)13(15)11-9-17-12-6-3-2-5-10(11)12/h2-3,5-6,9,13,15H,4,7-8H2,1H3. The van der Waals surface area contributed by atoms with Gasteiger partial charge in [-0.2, -0.15) is 0 Å². The van der Waals surface area contributed by atoms with Crippen LogP contribution < -0.4 is 0 Å². The van der Waals surface area contributed by atoms with Gasteiger partial charge in [0.15, 0.2) is 0 Å². The second kappa shape index (κ2) is 4.09. The first-order valence-corrected chi connectivity index (χ1v) is 6.87. The second-order valence-electron chi connectivity index (χ2n) is 4.85. The molecule has 2 unspecified atom stereocenters. The van der Waals surface area contributed by atoms with E-state index in [1.807, 2.05) is 19.1 Å². The lowest BCUT2D eigenvalue weighted by molar-refractivity contribution is -0.0788. The fraction of sp³-hybridized carbons (Fsp3) is 0.429. The normalized spacial score (nSPS) is 26.5. The van der Waals surface area contributed by atoms with Crippen molar-refractivity contribution in [3.8, 4) is 0 Å². The van der Waals surface area contributed by atoms with E-state index in [0.29, 0.717) is 0 Å². The first kappa shape index (κ1) is 11.2. The van der Waals surface area contributed by atoms with Gasteiger partial charge in [-0.15, -0.1) is 11.3 Å². The highest BCUT2D eigenvalue weighted by Crippen LogP contribution is 2.41. The number of aliphatic hydroxyl groups is 1. The van der Waals surface area contributed by atoms with Gasteiger partial charge in [-0.25, -0.2) is 0 Å². The summed E-state index contributed by atoms with van der Waals surface area (Å²) in [5.41, 5.74) is 0.596. The van der Waals surface area contributed by atoms with E-state index in [0.717, 1.165) is 30.4 Å². The molecule has 1 fully saturated rings. The van der Waals surface area contributed by atoms with Crippen LogP contribution in [0.15, 0.2) is 29.6 Å². The zero-order valence-corrected chi connectivity index (χ0v) is 10.7. The minimum Gasteiger partial charge on any atom is -0.385 e. The monoisotopic (exact) mass is 248 g/mol. The van der Waals surface area contributed by atoms with Crippen molar-refractivity contribution in [1.82, 2.24) is 0 Å². The quantitative estimate of drug-likeness (QED) is 0.881. The maximum absolute atomic E-state index is 10.5. The molecule has 0 bridgehead atoms. The van der Waals surface area contributed by atoms with Crippen LogP contribution in [0.4, 0.5) is 0 Å². The van der Waals surface area contributed by atoms with Gasteiger partial charge in [-0.1, -0.05) is 18.2 Å². The van der Waals surface area contributed by atoms with Crippen LogP contribution in [0.25, 0.3) is 10.1 Å². The molecule has 1 aromatic carbocycles. The van der Waals surface area contributed by atoms with E-state index < -0.39 is 11.7 Å². The first-order valence-electron chi connectivity index (χ1n) is 5.99. The molecular formula is C14H16O2S. The Morgan fingerprint density at radius 2 is 2.24 bits per heavy atom. The van der Waals surface area contributed by atoms with Gasteiger partial charge >= 0.3 is 0 Å². The SMILES string of the molecule is CC1(C(O)c2csc3ccccc23)CCCO1. The van der Waals surface area contributed by atoms with Crippen LogP contribution in [-0.4, -0.2) is 17.3 Å². The van der Waals surface area contributed by atoms with Gasteiger partial charge in [-0.3, -0.25) is 0 Å². The second-order valence-corrected chi connectivity index (χ2v) is 5.77. The molecule has 0 saturated carbocycles. The van der Waals surface area contributed by atoms with E-state index in [1.54, 1.807) is 11.3 Å². The Kier molecular flexibility index (Phi) is 2.69. The minimum atomic E-state index is -0.527. The zero-order valence-electron chi connectivity index (χ0n) is 9.85. The number of aliphatic hydroxyl groups excluding tert-OH is 1. The molecule has 17 heavy (non-hydrogen) atoms. The highest BCUT2D eigenvalue weighted by Gasteiger charge is 2.39. The smallest absolute Gasteiger partial charge is 0.109 e. The van der Waals surface area contributed by atoms with Crippen molar-refractivity contribution in [2.24, 2.45) is 0 Å². The lowest BCUT2D eigenvalue weighted by Gasteiger charge is -2.29. The average Bonchev–Trinajstić information content (AvgIpc) is 2.95. The van der Waals surface area contributed by atoms with Gasteiger partial charge in [-0.05, 0) is 36.6 Å². The van der Waals surface area contributed by atoms with E-state index in [4.69, 9.17) is 4.74 Å². The van der Waals surface area contributed by atoms with Crippen LogP contribution in [-0.2, 0) is 4.74 Å². The van der Waals surface area contributed by atoms with Gasteiger partial charge in [0, 0.05) is 16.9 Å². The molecule has 1 N–H and O–H groups in total. The summed E-state index contributed by atoms with van der Waals surface area (Å²) >= 11 is 1.68. The van der Waals surface area contributed by atoms with E-state index in [2.05, 4.69) is 17.5 Å². The predicted molar refractivity (Wildman–Crippen MR) is 70.4 cm³/mol. The number of fused-ring (bicyclic) bond motifs is 1. The number of thiophene rings is 1. The van der Waals surface area contributed by atoms with Crippen molar-refractivity contribution < 1.29 is 9.84 Å². The van der Waals surface area contributed by atoms with Gasteiger partial charge in [0.25, 0.3) is 0 Å². The van der Waals surface area contributed by atoms with E-state index >= 15 is 0 Å². The summed E-state index contributed by atoms with van der Waals surface area (Å²) in [6, 6.07) is 8.21. The maximum atomic E-state index is 10.5. The third kappa shape index (κ3) is 1.79. The third-order valence-corrected chi connectivity index (χ3v) is 4.61. The summed E-state index contributed by atoms with van der Waals surface area (Å²) < 4.78 is 6.95. The minimum absolute atomic E-state index is 0.413. The third-order valence-electron chi connectivity index (χ3n) is 3.63. The summed E-state index contributed by atoms with van der Waals surface area (Å²) in [5, 5.41) is 13.8. The molecule has 0 aliphatic carbocycles. The Hall–Kier alpha value is -0.900. The fourth-order valence-corrected chi connectivity index (χ4v) is 3.54. The Balaban J connectivity index is 2.03. The molecule has 1 aromatic heterocycles. The van der Waals surface area contributed by atoms with Crippen LogP contribution in [0.2, 0.25) is 0 Å². The largest absolute Gasteiger partial charge is 0.385 e. The maximum Gasteiger partial charge on any atom is 0.109 e. The molecule has 0 spiro atoms. The van der Waals surface area contributed by atoms with E-state index in [1.165, 1.54) is 4.70 Å². The summed E-state index contributed by atoms with van der Waals surface area (Å²) in [6.07, 6.45) is 1.44. The van der Waals surface area contributed by atoms with Crippen molar-refractivity contribution in [2.75, 3.05) is 6.61 Å². The molecule has 1 saturated heterocycles. The van der Waals surface area contributed by atoms with Crippen LogP contribution in [0.1, 0.15) is 31.4 Å². The Morgan fingerprint density at radius 3 is 3.00 bits per heavy atom. The topological polar surface area (TPSA) is 29.5 Å². The Labute approximate surface area is 105 Å². The summed E-state index contributed by atoms with van der Waals surface area (Å²) in [5.74, 6) is 0. The predicted octanol–water partition coefficient (Wildman–Crippen LogP) is 3.50. The van der Waals surface area contributed by atoms with E-state index in [9.17, 15) is 5.11 Å². The van der Waals surface area contributed by atoms with Gasteiger partial charge < -0.3 is 9.84 Å². The first-order chi connectivity index (χ1) is 8.21. The molecule has 1 aliphatic heterocycles. The molecule has 2 atom stereocenters. The highest BCUT2D eigenvalue weighted by molar-refractivity contribution is 7.17. The summed E-state index contributed by atoms with van der Waals surface area (Å²) in [7, 11) is 0. The van der Waals surface area contributed by atoms with E-state index in [-0.39, 0.29) is 0 Å². The van der Waals surface area contributed by atoms with Crippen LogP contribution >= 0.6 is 11.3 Å². The van der Waals surface area contributed by atoms with Gasteiger partial charge in [0.05, 0.1) is 5.60 Å². The van der Waals surface area contributed by atoms with Gasteiger partial charge in [0.1, 0.15) is 6.10 Å². The van der Waals surface area contributed by atoms with Crippen molar-refractivity contribution in [3.63, 3.8) is 0 Å². The van der Waals surface area contributed by atoms with Gasteiger partial charge in [0.2, 0.25) is 0 Å². The molecule has 1 aliphatic rings. The molecule has 0 radical (unpaired) electrons. The lowest BCUT2D eigenvalue weighted by Crippen LogP contribution is -2.31. The molecule has 3 heteroatoms. The Bertz CT molecular complexity index is 526. The average molecular weight is 248 g/mol. The molecule has 90 valence electrons. The molecule has 2 aromatic rings. The number of ether oxygens (including phenoxy) is 1. The fourth-order valence-electron chi connectivity index (χ4n) is 2.56. The highest BCUT2D eigenvalue weighted by atomic mass is 32.1. The van der Waals surface area contributed by atoms with Crippen molar-refractivity contribution >= 4 is 21.4 Å². The number of hydrogen-bond acceptors (Lipinski definition) is 3. The van der Waals surface area contributed by atoms with Crippen molar-refractivity contribution in [1.29, 1.82) is 0 Å². The number of rotatable bonds is 2. The Morgan fingerprint density at radius 1 is 1.41 bits per heavy atom. The summed E-state index contributed by atoms with van der Waals surface area (Å²) in [6.45, 7) is 2.77. The zero-order chi connectivity index (χ0) is 11.9. The number of hydrogen-bond donors (Lipinski definition) is 1. The van der Waals surface area contributed by atoms with Crippen LogP contribution in [0.3, 0.4) is 0 Å². The summed E-state index contributed by atoms with van der Waals surface area (Å²) in [4.78, 5) is 0. The number of benzene rings is 1.